The van der Waals surface area contributed by atoms with Crippen molar-refractivity contribution in [2.75, 3.05) is 13.2 Å². The van der Waals surface area contributed by atoms with E-state index < -0.39 is 11.2 Å². The second-order valence-electron chi connectivity index (χ2n) is 2.12. The summed E-state index contributed by atoms with van der Waals surface area (Å²) in [6.45, 7) is 2.64. The predicted molar refractivity (Wildman–Crippen MR) is 33.9 cm³/mol. The molecule has 5 heteroatoms. The summed E-state index contributed by atoms with van der Waals surface area (Å²) in [5.41, 5.74) is 0. The molecule has 1 saturated heterocycles. The standard InChI is InChI=1S/C4H10O4S/c1-4-2-7-9(5,6)8-3-4/h4-6H,2-3H2,1H3. The van der Waals surface area contributed by atoms with Crippen molar-refractivity contribution in [2.45, 2.75) is 6.92 Å². The molecule has 0 unspecified atom stereocenters. The van der Waals surface area contributed by atoms with E-state index in [0.29, 0.717) is 13.2 Å². The summed E-state index contributed by atoms with van der Waals surface area (Å²) in [6.07, 6.45) is 0. The van der Waals surface area contributed by atoms with E-state index in [1.165, 1.54) is 0 Å². The third-order valence-corrected chi connectivity index (χ3v) is 1.90. The van der Waals surface area contributed by atoms with Gasteiger partial charge < -0.3 is 0 Å². The Morgan fingerprint density at radius 1 is 1.33 bits per heavy atom. The molecule has 9 heavy (non-hydrogen) atoms. The Kier molecular flexibility index (Phi) is 1.97. The van der Waals surface area contributed by atoms with Crippen LogP contribution in [0.25, 0.3) is 0 Å². The zero-order chi connectivity index (χ0) is 6.91. The van der Waals surface area contributed by atoms with Crippen molar-refractivity contribution in [1.29, 1.82) is 0 Å². The average molecular weight is 154 g/mol. The molecule has 0 aromatic heterocycles. The molecule has 1 fully saturated rings. The molecule has 0 atom stereocenters. The summed E-state index contributed by atoms with van der Waals surface area (Å²) >= 11 is -3.12. The zero-order valence-corrected chi connectivity index (χ0v) is 5.93. The van der Waals surface area contributed by atoms with Crippen LogP contribution in [0.4, 0.5) is 0 Å². The Morgan fingerprint density at radius 2 is 1.78 bits per heavy atom. The molecule has 4 nitrogen and oxygen atoms in total. The monoisotopic (exact) mass is 154 g/mol. The maximum absolute atomic E-state index is 8.69. The minimum absolute atomic E-state index is 0.255. The van der Waals surface area contributed by atoms with Gasteiger partial charge in [0.25, 0.3) is 0 Å². The third kappa shape index (κ3) is 2.11. The quantitative estimate of drug-likeness (QED) is 0.551. The molecule has 1 heterocycles. The molecule has 1 rings (SSSR count). The number of hydrogen-bond acceptors (Lipinski definition) is 4. The molecule has 0 aromatic carbocycles. The first-order valence-corrected chi connectivity index (χ1v) is 4.07. The Balaban J connectivity index is 2.35. The topological polar surface area (TPSA) is 58.9 Å². The van der Waals surface area contributed by atoms with E-state index in [1.54, 1.807) is 0 Å². The molecule has 0 saturated carbocycles. The normalized spacial score (nSPS) is 31.9. The van der Waals surface area contributed by atoms with E-state index in [1.807, 2.05) is 6.92 Å². The Labute approximate surface area is 55.5 Å². The minimum Gasteiger partial charge on any atom is -0.287 e. The van der Waals surface area contributed by atoms with E-state index in [2.05, 4.69) is 8.37 Å². The average Bonchev–Trinajstić information content (AvgIpc) is 1.78. The third-order valence-electron chi connectivity index (χ3n) is 1.01. The summed E-state index contributed by atoms with van der Waals surface area (Å²) in [4.78, 5) is 0. The zero-order valence-electron chi connectivity index (χ0n) is 5.11. The molecular formula is C4H10O4S. The van der Waals surface area contributed by atoms with Crippen LogP contribution >= 0.6 is 11.2 Å². The van der Waals surface area contributed by atoms with E-state index >= 15 is 0 Å². The lowest BCUT2D eigenvalue weighted by Gasteiger charge is -2.32. The summed E-state index contributed by atoms with van der Waals surface area (Å²) in [7, 11) is 0. The summed E-state index contributed by atoms with van der Waals surface area (Å²) in [5.74, 6) is 0.255. The van der Waals surface area contributed by atoms with Gasteiger partial charge in [-0.2, -0.15) is 0 Å². The van der Waals surface area contributed by atoms with Gasteiger partial charge in [0.15, 0.2) is 0 Å². The molecule has 0 amide bonds. The van der Waals surface area contributed by atoms with Gasteiger partial charge in [-0.3, -0.25) is 17.5 Å². The maximum atomic E-state index is 8.69. The Morgan fingerprint density at radius 3 is 2.11 bits per heavy atom. The lowest BCUT2D eigenvalue weighted by Crippen LogP contribution is -2.23. The molecule has 2 N–H and O–H groups in total. The van der Waals surface area contributed by atoms with Crippen molar-refractivity contribution < 1.29 is 17.5 Å². The van der Waals surface area contributed by atoms with Crippen molar-refractivity contribution in [3.8, 4) is 0 Å². The van der Waals surface area contributed by atoms with Gasteiger partial charge in [0.2, 0.25) is 11.2 Å². The predicted octanol–water partition coefficient (Wildman–Crippen LogP) is 1.25. The summed E-state index contributed by atoms with van der Waals surface area (Å²) in [5, 5.41) is 0. The van der Waals surface area contributed by atoms with Crippen LogP contribution in [-0.2, 0) is 8.37 Å². The van der Waals surface area contributed by atoms with E-state index in [4.69, 9.17) is 9.11 Å². The van der Waals surface area contributed by atoms with Crippen LogP contribution in [0.15, 0.2) is 0 Å². The fraction of sp³-hybridized carbons (Fsp3) is 1.00. The van der Waals surface area contributed by atoms with Gasteiger partial charge in [0, 0.05) is 5.92 Å². The van der Waals surface area contributed by atoms with Crippen molar-refractivity contribution in [1.82, 2.24) is 0 Å². The van der Waals surface area contributed by atoms with Crippen LogP contribution in [-0.4, -0.2) is 22.3 Å². The molecule has 0 bridgehead atoms. The fourth-order valence-electron chi connectivity index (χ4n) is 0.492. The van der Waals surface area contributed by atoms with Gasteiger partial charge in [0.1, 0.15) is 0 Å². The molecule has 1 aliphatic heterocycles. The lowest BCUT2D eigenvalue weighted by atomic mass is 10.2. The van der Waals surface area contributed by atoms with Gasteiger partial charge in [-0.05, 0) is 0 Å². The van der Waals surface area contributed by atoms with Crippen LogP contribution in [0.2, 0.25) is 0 Å². The lowest BCUT2D eigenvalue weighted by molar-refractivity contribution is 0.0722. The molecule has 0 aromatic rings. The van der Waals surface area contributed by atoms with E-state index in [0.717, 1.165) is 0 Å². The maximum Gasteiger partial charge on any atom is 0.219 e. The number of hydrogen-bond donors (Lipinski definition) is 2. The second-order valence-corrected chi connectivity index (χ2v) is 3.49. The van der Waals surface area contributed by atoms with Crippen LogP contribution in [0.3, 0.4) is 0 Å². The van der Waals surface area contributed by atoms with Crippen LogP contribution < -0.4 is 0 Å². The van der Waals surface area contributed by atoms with E-state index in [9.17, 15) is 0 Å². The van der Waals surface area contributed by atoms with Crippen molar-refractivity contribution in [3.63, 3.8) is 0 Å². The first-order chi connectivity index (χ1) is 4.10. The SMILES string of the molecule is CC1COS(O)(O)OC1. The van der Waals surface area contributed by atoms with Crippen molar-refractivity contribution >= 4 is 11.2 Å². The number of rotatable bonds is 0. The molecular weight excluding hydrogens is 144 g/mol. The minimum atomic E-state index is -3.12. The van der Waals surface area contributed by atoms with Crippen molar-refractivity contribution in [3.05, 3.63) is 0 Å². The molecule has 0 aliphatic carbocycles. The molecule has 0 spiro atoms. The fourth-order valence-corrected chi connectivity index (χ4v) is 1.38. The van der Waals surface area contributed by atoms with Crippen LogP contribution in [0.1, 0.15) is 6.92 Å². The Hall–Kier alpha value is 0.190. The molecule has 56 valence electrons. The Bertz CT molecular complexity index is 94.7. The molecule has 1 aliphatic rings. The highest BCUT2D eigenvalue weighted by atomic mass is 32.3. The largest absolute Gasteiger partial charge is 0.287 e. The second kappa shape index (κ2) is 2.43. The van der Waals surface area contributed by atoms with Crippen LogP contribution in [0, 0.1) is 5.92 Å². The summed E-state index contributed by atoms with van der Waals surface area (Å²) in [6, 6.07) is 0. The smallest absolute Gasteiger partial charge is 0.219 e. The first-order valence-electron chi connectivity index (χ1n) is 2.67. The highest BCUT2D eigenvalue weighted by Gasteiger charge is 2.26. The highest BCUT2D eigenvalue weighted by molar-refractivity contribution is 8.16. The van der Waals surface area contributed by atoms with Gasteiger partial charge in [-0.15, -0.1) is 0 Å². The molecule has 0 radical (unpaired) electrons. The van der Waals surface area contributed by atoms with Gasteiger partial charge >= 0.3 is 0 Å². The van der Waals surface area contributed by atoms with Crippen LogP contribution in [0.5, 0.6) is 0 Å². The van der Waals surface area contributed by atoms with Crippen molar-refractivity contribution in [2.24, 2.45) is 5.92 Å². The van der Waals surface area contributed by atoms with E-state index in [-0.39, 0.29) is 5.92 Å². The first kappa shape index (κ1) is 7.30. The highest BCUT2D eigenvalue weighted by Crippen LogP contribution is 2.44. The van der Waals surface area contributed by atoms with Gasteiger partial charge in [-0.25, -0.2) is 0 Å². The van der Waals surface area contributed by atoms with Gasteiger partial charge in [-0.1, -0.05) is 6.92 Å². The summed E-state index contributed by atoms with van der Waals surface area (Å²) < 4.78 is 26.5. The van der Waals surface area contributed by atoms with Gasteiger partial charge in [0.05, 0.1) is 13.2 Å².